The van der Waals surface area contributed by atoms with Crippen LogP contribution < -0.4 is 0 Å². The fourth-order valence-corrected chi connectivity index (χ4v) is 3.83. The van der Waals surface area contributed by atoms with Crippen molar-refractivity contribution < 1.29 is 19.8 Å². The first-order valence-electron chi connectivity index (χ1n) is 9.74. The van der Waals surface area contributed by atoms with Gasteiger partial charge >= 0.3 is 11.9 Å². The van der Waals surface area contributed by atoms with Gasteiger partial charge in [-0.05, 0) is 41.4 Å². The Hall–Kier alpha value is -3.44. The highest BCUT2D eigenvalue weighted by molar-refractivity contribution is 5.89. The van der Waals surface area contributed by atoms with Crippen LogP contribution >= 0.6 is 0 Å². The molecule has 5 nitrogen and oxygen atoms in total. The molecule has 154 valence electrons. The molecule has 0 radical (unpaired) electrons. The Morgan fingerprint density at radius 3 is 2.27 bits per heavy atom. The minimum absolute atomic E-state index is 0.471. The number of hydrogen-bond acceptors (Lipinski definition) is 3. The third-order valence-corrected chi connectivity index (χ3v) is 5.15. The lowest BCUT2D eigenvalue weighted by atomic mass is 9.83. The highest BCUT2D eigenvalue weighted by atomic mass is 16.4. The van der Waals surface area contributed by atoms with Crippen LogP contribution in [0.4, 0.5) is 0 Å². The third-order valence-electron chi connectivity index (χ3n) is 5.15. The molecule has 30 heavy (non-hydrogen) atoms. The number of aryl methyl sites for hydroxylation is 1. The van der Waals surface area contributed by atoms with Crippen molar-refractivity contribution in [3.8, 4) is 0 Å². The van der Waals surface area contributed by atoms with Crippen molar-refractivity contribution in [2.24, 2.45) is 0 Å². The molecule has 1 unspecified atom stereocenters. The number of carbonyl (C=O) groups is 2. The van der Waals surface area contributed by atoms with Gasteiger partial charge in [0.1, 0.15) is 0 Å². The quantitative estimate of drug-likeness (QED) is 0.632. The average molecular weight is 403 g/mol. The predicted octanol–water partition coefficient (Wildman–Crippen LogP) is 4.44. The molecule has 0 aliphatic carbocycles. The van der Waals surface area contributed by atoms with Crippen LogP contribution in [0.1, 0.15) is 28.2 Å². The van der Waals surface area contributed by atoms with E-state index in [2.05, 4.69) is 79.5 Å². The summed E-state index contributed by atoms with van der Waals surface area (Å²) < 4.78 is 0. The van der Waals surface area contributed by atoms with E-state index in [0.29, 0.717) is 18.1 Å². The van der Waals surface area contributed by atoms with Crippen molar-refractivity contribution in [3.63, 3.8) is 0 Å². The molecule has 3 aromatic rings. The molecule has 3 aromatic carbocycles. The van der Waals surface area contributed by atoms with Gasteiger partial charge in [-0.15, -0.1) is 0 Å². The number of fused-ring (bicyclic) bond motifs is 2. The molecular weight excluding hydrogens is 378 g/mol. The van der Waals surface area contributed by atoms with Crippen LogP contribution in [0.2, 0.25) is 0 Å². The zero-order valence-corrected chi connectivity index (χ0v) is 17.1. The molecular formula is C25H25NO4. The van der Waals surface area contributed by atoms with Gasteiger partial charge in [0.05, 0.1) is 0 Å². The monoisotopic (exact) mass is 403 g/mol. The molecule has 1 aliphatic heterocycles. The number of aliphatic carboxylic acids is 2. The summed E-state index contributed by atoms with van der Waals surface area (Å²) in [5, 5.41) is 18.3. The van der Waals surface area contributed by atoms with Gasteiger partial charge in [0.25, 0.3) is 0 Å². The summed E-state index contributed by atoms with van der Waals surface area (Å²) in [5.41, 5.74) is 5.76. The standard InChI is InChI=1S/C21H21N.C4H4O4/c1-15-7-10-20-19(11-15)13-22(2)14-21(20)18-9-8-16-5-3-4-6-17(16)12-18;5-3(6)1-2-4(7)8/h3-12,21H,13-14H2,1-2H3;1-2H,(H,5,6)(H,7,8)/b;2-1-. The van der Waals surface area contributed by atoms with E-state index < -0.39 is 11.9 Å². The van der Waals surface area contributed by atoms with Crippen LogP contribution in [-0.2, 0) is 16.1 Å². The lowest BCUT2D eigenvalue weighted by molar-refractivity contribution is -0.134. The first kappa shape index (κ1) is 21.3. The van der Waals surface area contributed by atoms with E-state index in [1.807, 2.05) is 0 Å². The van der Waals surface area contributed by atoms with E-state index >= 15 is 0 Å². The van der Waals surface area contributed by atoms with Crippen molar-refractivity contribution in [1.82, 2.24) is 4.90 Å². The van der Waals surface area contributed by atoms with Crippen LogP contribution in [0.5, 0.6) is 0 Å². The van der Waals surface area contributed by atoms with E-state index in [1.165, 1.54) is 33.0 Å². The summed E-state index contributed by atoms with van der Waals surface area (Å²) in [6.45, 7) is 4.33. The Kier molecular flexibility index (Phi) is 6.65. The maximum Gasteiger partial charge on any atom is 0.328 e. The van der Waals surface area contributed by atoms with Gasteiger partial charge < -0.3 is 15.1 Å². The summed E-state index contributed by atoms with van der Waals surface area (Å²) in [6, 6.07) is 22.5. The number of rotatable bonds is 3. The topological polar surface area (TPSA) is 77.8 Å². The zero-order valence-electron chi connectivity index (χ0n) is 17.1. The number of benzene rings is 3. The van der Waals surface area contributed by atoms with E-state index in [1.54, 1.807) is 0 Å². The molecule has 0 spiro atoms. The maximum atomic E-state index is 9.55. The van der Waals surface area contributed by atoms with Gasteiger partial charge in [0, 0.05) is 31.2 Å². The first-order chi connectivity index (χ1) is 14.3. The lowest BCUT2D eigenvalue weighted by Crippen LogP contribution is -2.31. The molecule has 1 atom stereocenters. The highest BCUT2D eigenvalue weighted by Gasteiger charge is 2.24. The summed E-state index contributed by atoms with van der Waals surface area (Å²) in [6.07, 6.45) is 1.12. The molecule has 0 aromatic heterocycles. The maximum absolute atomic E-state index is 9.55. The SMILES string of the molecule is Cc1ccc2c(c1)CN(C)CC2c1ccc2ccccc2c1.O=C(O)/C=C\C(=O)O. The molecule has 1 aliphatic rings. The average Bonchev–Trinajstić information content (AvgIpc) is 2.71. The summed E-state index contributed by atoms with van der Waals surface area (Å²) in [7, 11) is 2.22. The smallest absolute Gasteiger partial charge is 0.328 e. The molecule has 5 heteroatoms. The van der Waals surface area contributed by atoms with Gasteiger partial charge in [0.15, 0.2) is 0 Å². The largest absolute Gasteiger partial charge is 0.478 e. The van der Waals surface area contributed by atoms with Crippen LogP contribution in [0, 0.1) is 6.92 Å². The summed E-state index contributed by atoms with van der Waals surface area (Å²) >= 11 is 0. The normalized spacial score (nSPS) is 16.0. The summed E-state index contributed by atoms with van der Waals surface area (Å²) in [4.78, 5) is 21.5. The third kappa shape index (κ3) is 5.33. The van der Waals surface area contributed by atoms with Crippen LogP contribution in [0.3, 0.4) is 0 Å². The number of carboxylic acids is 2. The van der Waals surface area contributed by atoms with E-state index in [9.17, 15) is 9.59 Å². The van der Waals surface area contributed by atoms with Crippen molar-refractivity contribution in [2.45, 2.75) is 19.4 Å². The van der Waals surface area contributed by atoms with Crippen LogP contribution in [-0.4, -0.2) is 40.6 Å². The summed E-state index contributed by atoms with van der Waals surface area (Å²) in [5.74, 6) is -2.04. The predicted molar refractivity (Wildman–Crippen MR) is 118 cm³/mol. The fraction of sp³-hybridized carbons (Fsp3) is 0.200. The van der Waals surface area contributed by atoms with Gasteiger partial charge in [-0.2, -0.15) is 0 Å². The van der Waals surface area contributed by atoms with Crippen LogP contribution in [0.15, 0.2) is 72.8 Å². The van der Waals surface area contributed by atoms with Gasteiger partial charge in [0.2, 0.25) is 0 Å². The minimum Gasteiger partial charge on any atom is -0.478 e. The molecule has 1 heterocycles. The number of hydrogen-bond donors (Lipinski definition) is 2. The van der Waals surface area contributed by atoms with Crippen LogP contribution in [0.25, 0.3) is 10.8 Å². The number of likely N-dealkylation sites (N-methyl/N-ethyl adjacent to an activating group) is 1. The second-order valence-corrected chi connectivity index (χ2v) is 7.57. The van der Waals surface area contributed by atoms with E-state index in [4.69, 9.17) is 10.2 Å². The molecule has 4 rings (SSSR count). The molecule has 0 fully saturated rings. The van der Waals surface area contributed by atoms with Crippen molar-refractivity contribution in [1.29, 1.82) is 0 Å². The second kappa shape index (κ2) is 9.37. The van der Waals surface area contributed by atoms with Crippen molar-refractivity contribution in [2.75, 3.05) is 13.6 Å². The molecule has 0 saturated carbocycles. The first-order valence-corrected chi connectivity index (χ1v) is 9.74. The Bertz CT molecular complexity index is 1090. The molecule has 0 saturated heterocycles. The molecule has 0 bridgehead atoms. The lowest BCUT2D eigenvalue weighted by Gasteiger charge is -2.33. The molecule has 0 amide bonds. The van der Waals surface area contributed by atoms with Gasteiger partial charge in [-0.3, -0.25) is 0 Å². The van der Waals surface area contributed by atoms with Crippen molar-refractivity contribution >= 4 is 22.7 Å². The zero-order chi connectivity index (χ0) is 21.7. The second-order valence-electron chi connectivity index (χ2n) is 7.57. The van der Waals surface area contributed by atoms with Crippen molar-refractivity contribution in [3.05, 3.63) is 95.1 Å². The Morgan fingerprint density at radius 2 is 1.60 bits per heavy atom. The molecule has 2 N–H and O–H groups in total. The van der Waals surface area contributed by atoms with E-state index in [-0.39, 0.29) is 0 Å². The Morgan fingerprint density at radius 1 is 0.933 bits per heavy atom. The number of nitrogens with zero attached hydrogens (tertiary/aromatic N) is 1. The highest BCUT2D eigenvalue weighted by Crippen LogP contribution is 2.34. The Labute approximate surface area is 175 Å². The number of carboxylic acid groups (broad SMARTS) is 2. The van der Waals surface area contributed by atoms with E-state index in [0.717, 1.165) is 13.1 Å². The van der Waals surface area contributed by atoms with Gasteiger partial charge in [-0.1, -0.05) is 66.2 Å². The Balaban J connectivity index is 0.000000275. The van der Waals surface area contributed by atoms with Gasteiger partial charge in [-0.25, -0.2) is 9.59 Å². The minimum atomic E-state index is -1.26. The fourth-order valence-electron chi connectivity index (χ4n) is 3.83.